The fraction of sp³-hybridized carbons (Fsp3) is 0. The van der Waals surface area contributed by atoms with Crippen LogP contribution in [0.25, 0.3) is 11.0 Å². The molecule has 5 heteroatoms. The fourth-order valence-electron chi connectivity index (χ4n) is 1.05. The van der Waals surface area contributed by atoms with Gasteiger partial charge < -0.3 is 4.98 Å². The Hall–Kier alpha value is -2.22. The monoisotopic (exact) mass is 172 g/mol. The van der Waals surface area contributed by atoms with E-state index in [-0.39, 0.29) is 11.0 Å². The Labute approximate surface area is 72.7 Å². The highest BCUT2D eigenvalue weighted by Gasteiger charge is 2.03. The van der Waals surface area contributed by atoms with Crippen molar-refractivity contribution in [2.24, 2.45) is 0 Å². The van der Waals surface area contributed by atoms with Crippen molar-refractivity contribution in [2.75, 3.05) is 0 Å². The maximum atomic E-state index is 11.4. The Balaban J connectivity index is 2.98. The predicted molar refractivity (Wildman–Crippen MR) is 44.9 cm³/mol. The molecule has 2 heterocycles. The Morgan fingerprint density at radius 2 is 2.38 bits per heavy atom. The maximum absolute atomic E-state index is 11.4. The van der Waals surface area contributed by atoms with E-state index in [0.717, 1.165) is 0 Å². The summed E-state index contributed by atoms with van der Waals surface area (Å²) in [6, 6.07) is 1.79. The van der Waals surface area contributed by atoms with Gasteiger partial charge in [0.05, 0.1) is 5.39 Å². The Kier molecular flexibility index (Phi) is 1.53. The first kappa shape index (κ1) is 7.43. The molecule has 0 saturated heterocycles. The van der Waals surface area contributed by atoms with E-state index < -0.39 is 0 Å². The van der Waals surface area contributed by atoms with Crippen LogP contribution in [0.2, 0.25) is 0 Å². The lowest BCUT2D eigenvalue weighted by molar-refractivity contribution is 1.17. The summed E-state index contributed by atoms with van der Waals surface area (Å²) in [5.41, 5.74) is 0.179. The fourth-order valence-corrected chi connectivity index (χ4v) is 1.05. The van der Waals surface area contributed by atoms with Crippen LogP contribution in [0.5, 0.6) is 0 Å². The summed E-state index contributed by atoms with van der Waals surface area (Å²) in [5, 5.41) is 8.90. The SMILES string of the molecule is N#Cc1c[nH]c2ncncc2c1=O. The molecule has 1 N–H and O–H groups in total. The molecule has 0 bridgehead atoms. The largest absolute Gasteiger partial charge is 0.344 e. The molecule has 2 aromatic heterocycles. The van der Waals surface area contributed by atoms with Gasteiger partial charge >= 0.3 is 0 Å². The number of fused-ring (bicyclic) bond motifs is 1. The summed E-state index contributed by atoms with van der Waals surface area (Å²) in [6.45, 7) is 0. The summed E-state index contributed by atoms with van der Waals surface area (Å²) in [7, 11) is 0. The summed E-state index contributed by atoms with van der Waals surface area (Å²) >= 11 is 0. The van der Waals surface area contributed by atoms with Gasteiger partial charge in [0.2, 0.25) is 5.43 Å². The average molecular weight is 172 g/mol. The van der Waals surface area contributed by atoms with E-state index in [2.05, 4.69) is 15.0 Å². The van der Waals surface area contributed by atoms with Gasteiger partial charge in [0, 0.05) is 12.4 Å². The number of nitrogens with one attached hydrogen (secondary N) is 1. The molecule has 0 aliphatic heterocycles. The summed E-state index contributed by atoms with van der Waals surface area (Å²) < 4.78 is 0. The molecule has 0 unspecified atom stereocenters. The molecule has 62 valence electrons. The second-order valence-electron chi connectivity index (χ2n) is 2.43. The van der Waals surface area contributed by atoms with E-state index in [4.69, 9.17) is 5.26 Å². The van der Waals surface area contributed by atoms with Crippen molar-refractivity contribution in [3.8, 4) is 6.07 Å². The van der Waals surface area contributed by atoms with Crippen molar-refractivity contribution >= 4 is 11.0 Å². The highest BCUT2D eigenvalue weighted by atomic mass is 16.1. The molecule has 2 rings (SSSR count). The Morgan fingerprint density at radius 1 is 1.54 bits per heavy atom. The van der Waals surface area contributed by atoms with Crippen LogP contribution < -0.4 is 5.43 Å². The molecule has 0 spiro atoms. The number of rotatable bonds is 0. The Bertz CT molecular complexity index is 552. The van der Waals surface area contributed by atoms with E-state index in [0.29, 0.717) is 11.0 Å². The van der Waals surface area contributed by atoms with Crippen LogP contribution in [0, 0.1) is 11.3 Å². The van der Waals surface area contributed by atoms with Crippen LogP contribution >= 0.6 is 0 Å². The molecule has 0 radical (unpaired) electrons. The van der Waals surface area contributed by atoms with Gasteiger partial charge in [-0.2, -0.15) is 5.26 Å². The number of H-pyrrole nitrogens is 1. The van der Waals surface area contributed by atoms with Crippen LogP contribution in [0.1, 0.15) is 5.56 Å². The van der Waals surface area contributed by atoms with Crippen molar-refractivity contribution in [1.29, 1.82) is 5.26 Å². The average Bonchev–Trinajstić information content (AvgIpc) is 2.19. The van der Waals surface area contributed by atoms with Gasteiger partial charge in [-0.1, -0.05) is 0 Å². The van der Waals surface area contributed by atoms with Crippen LogP contribution in [0.3, 0.4) is 0 Å². The van der Waals surface area contributed by atoms with E-state index in [1.165, 1.54) is 18.7 Å². The molecular formula is C8H4N4O. The lowest BCUT2D eigenvalue weighted by atomic mass is 10.2. The highest BCUT2D eigenvalue weighted by molar-refractivity contribution is 5.74. The van der Waals surface area contributed by atoms with Gasteiger partial charge in [0.25, 0.3) is 0 Å². The second-order valence-corrected chi connectivity index (χ2v) is 2.43. The molecule has 0 atom stereocenters. The first-order chi connectivity index (χ1) is 6.33. The molecule has 13 heavy (non-hydrogen) atoms. The van der Waals surface area contributed by atoms with Gasteiger partial charge in [-0.25, -0.2) is 9.97 Å². The van der Waals surface area contributed by atoms with Gasteiger partial charge in [-0.3, -0.25) is 4.79 Å². The zero-order valence-corrected chi connectivity index (χ0v) is 6.48. The quantitative estimate of drug-likeness (QED) is 0.614. The summed E-state index contributed by atoms with van der Waals surface area (Å²) in [6.07, 6.45) is 4.07. The predicted octanol–water partition coefficient (Wildman–Crippen LogP) is 0.190. The number of hydrogen-bond donors (Lipinski definition) is 1. The molecular weight excluding hydrogens is 168 g/mol. The van der Waals surface area contributed by atoms with Crippen molar-refractivity contribution < 1.29 is 0 Å². The van der Waals surface area contributed by atoms with E-state index in [9.17, 15) is 4.79 Å². The van der Waals surface area contributed by atoms with Crippen molar-refractivity contribution in [3.05, 3.63) is 34.5 Å². The standard InChI is InChI=1S/C8H4N4O/c9-1-5-2-11-8-6(7(5)13)3-10-4-12-8/h2-4H,(H,10,11,12,13). The van der Waals surface area contributed by atoms with Crippen LogP contribution in [0.15, 0.2) is 23.5 Å². The van der Waals surface area contributed by atoms with Gasteiger partial charge in [0.15, 0.2) is 0 Å². The van der Waals surface area contributed by atoms with Crippen LogP contribution in [-0.4, -0.2) is 15.0 Å². The lowest BCUT2D eigenvalue weighted by Gasteiger charge is -1.94. The van der Waals surface area contributed by atoms with E-state index >= 15 is 0 Å². The number of nitrogens with zero attached hydrogens (tertiary/aromatic N) is 3. The van der Waals surface area contributed by atoms with Gasteiger partial charge in [-0.15, -0.1) is 0 Å². The lowest BCUT2D eigenvalue weighted by Crippen LogP contribution is -2.08. The first-order valence-corrected chi connectivity index (χ1v) is 3.54. The molecule has 0 saturated carbocycles. The van der Waals surface area contributed by atoms with E-state index in [1.54, 1.807) is 6.07 Å². The van der Waals surface area contributed by atoms with Crippen molar-refractivity contribution in [3.63, 3.8) is 0 Å². The van der Waals surface area contributed by atoms with Crippen LogP contribution in [-0.2, 0) is 0 Å². The molecule has 0 amide bonds. The minimum atomic E-state index is -0.336. The third-order valence-electron chi connectivity index (χ3n) is 1.68. The molecule has 2 aromatic rings. The smallest absolute Gasteiger partial charge is 0.210 e. The minimum absolute atomic E-state index is 0.0716. The topological polar surface area (TPSA) is 82.4 Å². The molecule has 0 fully saturated rings. The first-order valence-electron chi connectivity index (χ1n) is 3.54. The zero-order chi connectivity index (χ0) is 9.26. The van der Waals surface area contributed by atoms with Gasteiger partial charge in [-0.05, 0) is 0 Å². The second kappa shape index (κ2) is 2.68. The number of pyridine rings is 1. The zero-order valence-electron chi connectivity index (χ0n) is 6.48. The number of nitriles is 1. The molecule has 0 aliphatic carbocycles. The van der Waals surface area contributed by atoms with Gasteiger partial charge in [0.1, 0.15) is 23.6 Å². The molecule has 0 aromatic carbocycles. The number of hydrogen-bond acceptors (Lipinski definition) is 4. The maximum Gasteiger partial charge on any atom is 0.210 e. The van der Waals surface area contributed by atoms with Crippen molar-refractivity contribution in [2.45, 2.75) is 0 Å². The highest BCUT2D eigenvalue weighted by Crippen LogP contribution is 2.00. The number of aromatic amines is 1. The summed E-state index contributed by atoms with van der Waals surface area (Å²) in [5.74, 6) is 0. The van der Waals surface area contributed by atoms with Crippen molar-refractivity contribution in [1.82, 2.24) is 15.0 Å². The minimum Gasteiger partial charge on any atom is -0.344 e. The molecule has 5 nitrogen and oxygen atoms in total. The van der Waals surface area contributed by atoms with Crippen LogP contribution in [0.4, 0.5) is 0 Å². The number of aromatic nitrogens is 3. The third kappa shape index (κ3) is 1.05. The third-order valence-corrected chi connectivity index (χ3v) is 1.68. The molecule has 0 aliphatic rings. The summed E-state index contributed by atoms with van der Waals surface area (Å²) in [4.78, 5) is 21.7. The normalized spacial score (nSPS) is 9.77. The Morgan fingerprint density at radius 3 is 3.15 bits per heavy atom. The van der Waals surface area contributed by atoms with E-state index in [1.807, 2.05) is 0 Å².